The van der Waals surface area contributed by atoms with E-state index in [0.29, 0.717) is 12.1 Å². The molecule has 0 aliphatic carbocycles. The molecule has 1 aromatic heterocycles. The minimum absolute atomic E-state index is 0.0156. The second-order valence-corrected chi connectivity index (χ2v) is 3.70. The van der Waals surface area contributed by atoms with E-state index >= 15 is 0 Å². The van der Waals surface area contributed by atoms with Crippen molar-refractivity contribution in [1.29, 1.82) is 0 Å². The molecule has 0 fully saturated rings. The molecule has 3 N–H and O–H groups in total. The quantitative estimate of drug-likeness (QED) is 0.769. The van der Waals surface area contributed by atoms with Crippen molar-refractivity contribution in [3.8, 4) is 0 Å². The Hall–Kier alpha value is -1.42. The van der Waals surface area contributed by atoms with Gasteiger partial charge < -0.3 is 11.1 Å². The molecule has 1 rings (SSSR count). The molecule has 1 atom stereocenters. The number of nitrogens with one attached hydrogen (secondary N) is 1. The van der Waals surface area contributed by atoms with E-state index in [4.69, 9.17) is 5.73 Å². The summed E-state index contributed by atoms with van der Waals surface area (Å²) < 4.78 is 0. The Balaban J connectivity index is 2.82. The summed E-state index contributed by atoms with van der Waals surface area (Å²) in [4.78, 5) is 16.0. The highest BCUT2D eigenvalue weighted by atomic mass is 16.1. The number of carbonyl (C=O) groups is 1. The number of aromatic nitrogens is 1. The van der Waals surface area contributed by atoms with E-state index < -0.39 is 0 Å². The first-order chi connectivity index (χ1) is 7.04. The number of nitrogens with zero attached hydrogens (tertiary/aromatic N) is 1. The summed E-state index contributed by atoms with van der Waals surface area (Å²) in [7, 11) is 0. The predicted octanol–water partition coefficient (Wildman–Crippen LogP) is 0.775. The molecule has 0 unspecified atom stereocenters. The van der Waals surface area contributed by atoms with Gasteiger partial charge in [0.2, 0.25) is 0 Å². The third-order valence-corrected chi connectivity index (χ3v) is 2.20. The van der Waals surface area contributed by atoms with Gasteiger partial charge in [-0.15, -0.1) is 0 Å². The molecule has 0 bridgehead atoms. The summed E-state index contributed by atoms with van der Waals surface area (Å²) >= 11 is 0. The normalized spacial score (nSPS) is 12.3. The number of carbonyl (C=O) groups excluding carboxylic acids is 1. The Labute approximate surface area is 89.9 Å². The second-order valence-electron chi connectivity index (χ2n) is 3.70. The molecule has 1 aromatic rings. The number of pyridine rings is 1. The van der Waals surface area contributed by atoms with E-state index in [0.717, 1.165) is 11.4 Å². The minimum atomic E-state index is -0.113. The van der Waals surface area contributed by atoms with E-state index in [1.54, 1.807) is 6.07 Å². The first kappa shape index (κ1) is 11.7. The van der Waals surface area contributed by atoms with Crippen molar-refractivity contribution in [1.82, 2.24) is 10.3 Å². The van der Waals surface area contributed by atoms with Gasteiger partial charge in [-0.1, -0.05) is 0 Å². The van der Waals surface area contributed by atoms with Crippen LogP contribution in [0.25, 0.3) is 0 Å². The summed E-state index contributed by atoms with van der Waals surface area (Å²) in [6.07, 6.45) is 0. The van der Waals surface area contributed by atoms with E-state index in [9.17, 15) is 4.79 Å². The van der Waals surface area contributed by atoms with E-state index in [-0.39, 0.29) is 11.9 Å². The Kier molecular flexibility index (Phi) is 3.80. The zero-order valence-electron chi connectivity index (χ0n) is 9.37. The summed E-state index contributed by atoms with van der Waals surface area (Å²) in [5, 5.41) is 2.80. The first-order valence-corrected chi connectivity index (χ1v) is 4.99. The first-order valence-electron chi connectivity index (χ1n) is 4.99. The molecule has 1 amide bonds. The van der Waals surface area contributed by atoms with Gasteiger partial charge in [0.25, 0.3) is 5.91 Å². The largest absolute Gasteiger partial charge is 0.348 e. The molecule has 0 saturated heterocycles. The Morgan fingerprint density at radius 2 is 2.20 bits per heavy atom. The fourth-order valence-corrected chi connectivity index (χ4v) is 1.29. The van der Waals surface area contributed by atoms with Gasteiger partial charge in [-0.2, -0.15) is 0 Å². The zero-order valence-corrected chi connectivity index (χ0v) is 9.37. The summed E-state index contributed by atoms with van der Waals surface area (Å²) in [5.41, 5.74) is 7.70. The minimum Gasteiger partial charge on any atom is -0.348 e. The molecule has 0 radical (unpaired) electrons. The van der Waals surface area contributed by atoms with Gasteiger partial charge in [-0.3, -0.25) is 9.78 Å². The van der Waals surface area contributed by atoms with Crippen LogP contribution in [0.5, 0.6) is 0 Å². The maximum absolute atomic E-state index is 11.7. The van der Waals surface area contributed by atoms with Crippen molar-refractivity contribution in [2.75, 3.05) is 6.54 Å². The van der Waals surface area contributed by atoms with Crippen LogP contribution < -0.4 is 11.1 Å². The summed E-state index contributed by atoms with van der Waals surface area (Å²) in [6, 6.07) is 3.60. The predicted molar refractivity (Wildman–Crippen MR) is 59.7 cm³/mol. The van der Waals surface area contributed by atoms with E-state index in [1.807, 2.05) is 26.8 Å². The number of hydrogen-bond donors (Lipinski definition) is 2. The van der Waals surface area contributed by atoms with Crippen LogP contribution >= 0.6 is 0 Å². The van der Waals surface area contributed by atoms with Gasteiger partial charge in [0.05, 0.1) is 11.3 Å². The number of nitrogens with two attached hydrogens (primary N) is 1. The van der Waals surface area contributed by atoms with Crippen LogP contribution in [0, 0.1) is 13.8 Å². The topological polar surface area (TPSA) is 68.0 Å². The van der Waals surface area contributed by atoms with Crippen molar-refractivity contribution < 1.29 is 4.79 Å². The van der Waals surface area contributed by atoms with Crippen LogP contribution in [0.15, 0.2) is 12.1 Å². The molecule has 4 nitrogen and oxygen atoms in total. The standard InChI is InChI=1S/C11H17N3O/c1-7-4-5-10(9(3)13-7)11(15)14-8(2)6-12/h4-5,8H,6,12H2,1-3H3,(H,14,15)/t8-/m0/s1. The monoisotopic (exact) mass is 207 g/mol. The highest BCUT2D eigenvalue weighted by Gasteiger charge is 2.11. The molecular formula is C11H17N3O. The fraction of sp³-hybridized carbons (Fsp3) is 0.455. The Morgan fingerprint density at radius 3 is 2.73 bits per heavy atom. The summed E-state index contributed by atoms with van der Waals surface area (Å²) in [5.74, 6) is -0.113. The van der Waals surface area contributed by atoms with Crippen molar-refractivity contribution >= 4 is 5.91 Å². The molecule has 15 heavy (non-hydrogen) atoms. The number of amides is 1. The lowest BCUT2D eigenvalue weighted by Gasteiger charge is -2.12. The lowest BCUT2D eigenvalue weighted by Crippen LogP contribution is -2.38. The van der Waals surface area contributed by atoms with Gasteiger partial charge in [0, 0.05) is 18.3 Å². The van der Waals surface area contributed by atoms with Crippen LogP contribution in [-0.4, -0.2) is 23.5 Å². The zero-order chi connectivity index (χ0) is 11.4. The lowest BCUT2D eigenvalue weighted by molar-refractivity contribution is 0.0940. The maximum Gasteiger partial charge on any atom is 0.253 e. The van der Waals surface area contributed by atoms with Gasteiger partial charge in [0.15, 0.2) is 0 Å². The van der Waals surface area contributed by atoms with Crippen LogP contribution in [0.3, 0.4) is 0 Å². The SMILES string of the molecule is Cc1ccc(C(=O)N[C@@H](C)CN)c(C)n1. The van der Waals surface area contributed by atoms with Crippen LogP contribution in [0.1, 0.15) is 28.7 Å². The summed E-state index contributed by atoms with van der Waals surface area (Å²) in [6.45, 7) is 6.03. The molecule has 82 valence electrons. The van der Waals surface area contributed by atoms with Gasteiger partial charge >= 0.3 is 0 Å². The molecule has 4 heteroatoms. The van der Waals surface area contributed by atoms with Crippen LogP contribution in [0.2, 0.25) is 0 Å². The molecule has 0 aliphatic heterocycles. The van der Waals surface area contributed by atoms with Gasteiger partial charge in [0.1, 0.15) is 0 Å². The molecule has 0 spiro atoms. The second kappa shape index (κ2) is 4.89. The third kappa shape index (κ3) is 3.02. The highest BCUT2D eigenvalue weighted by molar-refractivity contribution is 5.95. The van der Waals surface area contributed by atoms with Crippen molar-refractivity contribution in [2.45, 2.75) is 26.8 Å². The van der Waals surface area contributed by atoms with Crippen molar-refractivity contribution in [3.63, 3.8) is 0 Å². The Morgan fingerprint density at radius 1 is 1.53 bits per heavy atom. The average Bonchev–Trinajstić information content (AvgIpc) is 2.17. The molecule has 0 aromatic carbocycles. The molecule has 0 aliphatic rings. The van der Waals surface area contributed by atoms with Crippen LogP contribution in [0.4, 0.5) is 0 Å². The Bertz CT molecular complexity index is 363. The molecular weight excluding hydrogens is 190 g/mol. The number of aryl methyl sites for hydroxylation is 2. The van der Waals surface area contributed by atoms with Crippen molar-refractivity contribution in [3.05, 3.63) is 29.1 Å². The van der Waals surface area contributed by atoms with Gasteiger partial charge in [-0.25, -0.2) is 0 Å². The van der Waals surface area contributed by atoms with Crippen molar-refractivity contribution in [2.24, 2.45) is 5.73 Å². The van der Waals surface area contributed by atoms with E-state index in [2.05, 4.69) is 10.3 Å². The maximum atomic E-state index is 11.7. The van der Waals surface area contributed by atoms with Crippen LogP contribution in [-0.2, 0) is 0 Å². The lowest BCUT2D eigenvalue weighted by atomic mass is 10.1. The number of hydrogen-bond acceptors (Lipinski definition) is 3. The number of rotatable bonds is 3. The molecule has 0 saturated carbocycles. The average molecular weight is 207 g/mol. The highest BCUT2D eigenvalue weighted by Crippen LogP contribution is 2.06. The molecule has 1 heterocycles. The fourth-order valence-electron chi connectivity index (χ4n) is 1.29. The third-order valence-electron chi connectivity index (χ3n) is 2.20. The van der Waals surface area contributed by atoms with Gasteiger partial charge in [-0.05, 0) is 32.9 Å². The smallest absolute Gasteiger partial charge is 0.253 e. The van der Waals surface area contributed by atoms with E-state index in [1.165, 1.54) is 0 Å².